The second-order valence-electron chi connectivity index (χ2n) is 4.66. The monoisotopic (exact) mass is 304 g/mol. The molecule has 0 spiro atoms. The second kappa shape index (κ2) is 7.39. The van der Waals surface area contributed by atoms with Crippen molar-refractivity contribution in [2.24, 2.45) is 0 Å². The van der Waals surface area contributed by atoms with E-state index in [2.05, 4.69) is 10.6 Å². The summed E-state index contributed by atoms with van der Waals surface area (Å²) in [6.45, 7) is 0. The zero-order valence-electron chi connectivity index (χ0n) is 12.0. The molecule has 0 atom stereocenters. The SMILES string of the molecule is N#Cc1cccc(NC(=O)CC(=O)Nc2cccc(C#N)c2)c1. The summed E-state index contributed by atoms with van der Waals surface area (Å²) in [5.41, 5.74) is 1.74. The van der Waals surface area contributed by atoms with E-state index >= 15 is 0 Å². The van der Waals surface area contributed by atoms with Crippen LogP contribution in [0.15, 0.2) is 48.5 Å². The third kappa shape index (κ3) is 4.69. The predicted octanol–water partition coefficient (Wildman–Crippen LogP) is 2.40. The number of carbonyl (C=O) groups is 2. The maximum atomic E-state index is 11.8. The molecule has 0 bridgehead atoms. The van der Waals surface area contributed by atoms with Crippen LogP contribution in [0.25, 0.3) is 0 Å². The number of hydrogen-bond acceptors (Lipinski definition) is 4. The van der Waals surface area contributed by atoms with Crippen LogP contribution in [-0.4, -0.2) is 11.8 Å². The third-order valence-electron chi connectivity index (χ3n) is 2.87. The highest BCUT2D eigenvalue weighted by atomic mass is 16.2. The van der Waals surface area contributed by atoms with Crippen molar-refractivity contribution in [2.45, 2.75) is 6.42 Å². The minimum Gasteiger partial charge on any atom is -0.326 e. The van der Waals surface area contributed by atoms with E-state index in [9.17, 15) is 9.59 Å². The summed E-state index contributed by atoms with van der Waals surface area (Å²) in [4.78, 5) is 23.7. The second-order valence-corrected chi connectivity index (χ2v) is 4.66. The van der Waals surface area contributed by atoms with E-state index < -0.39 is 11.8 Å². The number of amides is 2. The van der Waals surface area contributed by atoms with Crippen LogP contribution in [0.5, 0.6) is 0 Å². The Hall–Kier alpha value is -3.64. The molecule has 112 valence electrons. The fourth-order valence-corrected chi connectivity index (χ4v) is 1.89. The minimum atomic E-state index is -0.492. The van der Waals surface area contributed by atoms with Crippen LogP contribution in [0.2, 0.25) is 0 Å². The van der Waals surface area contributed by atoms with Crippen molar-refractivity contribution in [3.8, 4) is 12.1 Å². The molecule has 0 aliphatic carbocycles. The number of nitrogens with one attached hydrogen (secondary N) is 2. The van der Waals surface area contributed by atoms with Gasteiger partial charge < -0.3 is 10.6 Å². The Morgan fingerprint density at radius 3 is 1.65 bits per heavy atom. The van der Waals surface area contributed by atoms with Gasteiger partial charge in [-0.25, -0.2) is 0 Å². The van der Waals surface area contributed by atoms with Gasteiger partial charge in [0.05, 0.1) is 23.3 Å². The Balaban J connectivity index is 1.93. The molecule has 0 saturated heterocycles. The third-order valence-corrected chi connectivity index (χ3v) is 2.87. The highest BCUT2D eigenvalue weighted by Gasteiger charge is 2.10. The van der Waals surface area contributed by atoms with Crippen molar-refractivity contribution < 1.29 is 9.59 Å². The molecular weight excluding hydrogens is 292 g/mol. The van der Waals surface area contributed by atoms with Crippen molar-refractivity contribution in [2.75, 3.05) is 10.6 Å². The summed E-state index contributed by atoms with van der Waals surface area (Å²) in [5, 5.41) is 22.7. The topological polar surface area (TPSA) is 106 Å². The Morgan fingerprint density at radius 2 is 1.26 bits per heavy atom. The van der Waals surface area contributed by atoms with Crippen LogP contribution in [0.3, 0.4) is 0 Å². The van der Waals surface area contributed by atoms with Crippen LogP contribution in [0.4, 0.5) is 11.4 Å². The molecule has 6 heteroatoms. The van der Waals surface area contributed by atoms with E-state index in [0.717, 1.165) is 0 Å². The summed E-state index contributed by atoms with van der Waals surface area (Å²) < 4.78 is 0. The lowest BCUT2D eigenvalue weighted by Crippen LogP contribution is -2.21. The predicted molar refractivity (Wildman–Crippen MR) is 84.2 cm³/mol. The molecule has 6 nitrogen and oxygen atoms in total. The van der Waals surface area contributed by atoms with Crippen LogP contribution >= 0.6 is 0 Å². The van der Waals surface area contributed by atoms with Crippen molar-refractivity contribution >= 4 is 23.2 Å². The zero-order chi connectivity index (χ0) is 16.7. The van der Waals surface area contributed by atoms with E-state index in [-0.39, 0.29) is 6.42 Å². The van der Waals surface area contributed by atoms with E-state index in [1.54, 1.807) is 36.4 Å². The molecule has 2 aromatic carbocycles. The highest BCUT2D eigenvalue weighted by Crippen LogP contribution is 2.12. The summed E-state index contributed by atoms with van der Waals surface area (Å²) in [6.07, 6.45) is -0.367. The molecule has 0 aromatic heterocycles. The van der Waals surface area contributed by atoms with Crippen molar-refractivity contribution in [1.29, 1.82) is 10.5 Å². The normalized spacial score (nSPS) is 9.30. The lowest BCUT2D eigenvalue weighted by Gasteiger charge is -2.07. The Labute approximate surface area is 133 Å². The lowest BCUT2D eigenvalue weighted by atomic mass is 10.2. The van der Waals surface area contributed by atoms with Gasteiger partial charge in [0.2, 0.25) is 11.8 Å². The number of nitriles is 2. The maximum Gasteiger partial charge on any atom is 0.233 e. The molecule has 2 rings (SSSR count). The number of nitrogens with zero attached hydrogens (tertiary/aromatic N) is 2. The summed E-state index contributed by atoms with van der Waals surface area (Å²) in [5.74, 6) is -0.983. The first-order chi connectivity index (χ1) is 11.1. The van der Waals surface area contributed by atoms with Gasteiger partial charge in [0.1, 0.15) is 6.42 Å². The van der Waals surface area contributed by atoms with Gasteiger partial charge in [0.15, 0.2) is 0 Å². The average Bonchev–Trinajstić information content (AvgIpc) is 2.54. The smallest absolute Gasteiger partial charge is 0.233 e. The molecule has 0 heterocycles. The van der Waals surface area contributed by atoms with Gasteiger partial charge in [-0.15, -0.1) is 0 Å². The van der Waals surface area contributed by atoms with E-state index in [1.165, 1.54) is 12.1 Å². The van der Waals surface area contributed by atoms with Gasteiger partial charge in [-0.1, -0.05) is 12.1 Å². The molecule has 23 heavy (non-hydrogen) atoms. The fraction of sp³-hybridized carbons (Fsp3) is 0.0588. The Morgan fingerprint density at radius 1 is 0.826 bits per heavy atom. The first-order valence-corrected chi connectivity index (χ1v) is 6.71. The van der Waals surface area contributed by atoms with Crippen LogP contribution in [-0.2, 0) is 9.59 Å². The summed E-state index contributed by atoms with van der Waals surface area (Å²) in [6, 6.07) is 16.8. The number of rotatable bonds is 4. The molecule has 2 aromatic rings. The molecular formula is C17H12N4O2. The van der Waals surface area contributed by atoms with E-state index in [1.807, 2.05) is 12.1 Å². The summed E-state index contributed by atoms with van der Waals surface area (Å²) >= 11 is 0. The molecule has 0 fully saturated rings. The Bertz CT molecular complexity index is 761. The van der Waals surface area contributed by atoms with Gasteiger partial charge >= 0.3 is 0 Å². The number of carbonyl (C=O) groups excluding carboxylic acids is 2. The van der Waals surface area contributed by atoms with Crippen molar-refractivity contribution in [1.82, 2.24) is 0 Å². The number of anilines is 2. The van der Waals surface area contributed by atoms with Crippen LogP contribution in [0, 0.1) is 22.7 Å². The number of hydrogen-bond donors (Lipinski definition) is 2. The average molecular weight is 304 g/mol. The molecule has 0 saturated carbocycles. The van der Waals surface area contributed by atoms with Gasteiger partial charge in [-0.2, -0.15) is 10.5 Å². The van der Waals surface area contributed by atoms with Crippen molar-refractivity contribution in [3.05, 3.63) is 59.7 Å². The van der Waals surface area contributed by atoms with E-state index in [4.69, 9.17) is 10.5 Å². The molecule has 2 amide bonds. The maximum absolute atomic E-state index is 11.8. The molecule has 2 N–H and O–H groups in total. The van der Waals surface area contributed by atoms with Crippen LogP contribution < -0.4 is 10.6 Å². The summed E-state index contributed by atoms with van der Waals surface area (Å²) in [7, 11) is 0. The first-order valence-electron chi connectivity index (χ1n) is 6.71. The molecule has 0 aliphatic heterocycles. The molecule has 0 aliphatic rings. The van der Waals surface area contributed by atoms with Gasteiger partial charge in [0.25, 0.3) is 0 Å². The van der Waals surface area contributed by atoms with Gasteiger partial charge in [0, 0.05) is 11.4 Å². The van der Waals surface area contributed by atoms with Crippen LogP contribution in [0.1, 0.15) is 17.5 Å². The quantitative estimate of drug-likeness (QED) is 0.846. The van der Waals surface area contributed by atoms with Crippen molar-refractivity contribution in [3.63, 3.8) is 0 Å². The Kier molecular flexibility index (Phi) is 5.06. The van der Waals surface area contributed by atoms with E-state index in [0.29, 0.717) is 22.5 Å². The largest absolute Gasteiger partial charge is 0.326 e. The van der Waals surface area contributed by atoms with Gasteiger partial charge in [-0.3, -0.25) is 9.59 Å². The fourth-order valence-electron chi connectivity index (χ4n) is 1.89. The zero-order valence-corrected chi connectivity index (χ0v) is 12.0. The van der Waals surface area contributed by atoms with Gasteiger partial charge in [-0.05, 0) is 36.4 Å². The minimum absolute atomic E-state index is 0.367. The standard InChI is InChI=1S/C17H12N4O2/c18-10-12-3-1-5-14(7-12)20-16(22)9-17(23)21-15-6-2-4-13(8-15)11-19/h1-8H,9H2,(H,20,22)(H,21,23). The number of benzene rings is 2. The highest BCUT2D eigenvalue weighted by molar-refractivity contribution is 6.08. The lowest BCUT2D eigenvalue weighted by molar-refractivity contribution is -0.123. The first kappa shape index (κ1) is 15.7. The molecule has 0 unspecified atom stereocenters. The molecule has 0 radical (unpaired) electrons.